The number of hydrogen-bond acceptors (Lipinski definition) is 3. The van der Waals surface area contributed by atoms with Crippen LogP contribution in [0.5, 0.6) is 0 Å². The molecule has 1 aromatic rings. The largest absolute Gasteiger partial charge is 0.573 e. The minimum Gasteiger partial charge on any atom is -0.405 e. The smallest absolute Gasteiger partial charge is 0.405 e. The van der Waals surface area contributed by atoms with Gasteiger partial charge in [0.2, 0.25) is 0 Å². The molecule has 0 aromatic carbocycles. The predicted octanol–water partition coefficient (Wildman–Crippen LogP) is 3.09. The van der Waals surface area contributed by atoms with Crippen molar-refractivity contribution in [1.82, 2.24) is 4.98 Å². The third kappa shape index (κ3) is 6.03. The van der Waals surface area contributed by atoms with E-state index in [-0.39, 0.29) is 0 Å². The molecule has 0 bridgehead atoms. The van der Waals surface area contributed by atoms with E-state index in [1.54, 1.807) is 6.92 Å². The molecule has 0 saturated carbocycles. The Balaban J connectivity index is 2.07. The molecule has 1 aliphatic rings. The second-order valence-corrected chi connectivity index (χ2v) is 5.86. The second-order valence-electron chi connectivity index (χ2n) is 5.86. The first kappa shape index (κ1) is 18.7. The number of pyridine rings is 1. The first-order valence-electron chi connectivity index (χ1n) is 7.79. The Hall–Kier alpha value is -2.68. The first-order chi connectivity index (χ1) is 11.8. The van der Waals surface area contributed by atoms with Crippen LogP contribution in [0.3, 0.4) is 0 Å². The van der Waals surface area contributed by atoms with E-state index in [1.165, 1.54) is 6.08 Å². The highest BCUT2D eigenvalue weighted by Crippen LogP contribution is 2.22. The number of rotatable bonds is 5. The van der Waals surface area contributed by atoms with E-state index in [2.05, 4.69) is 34.1 Å². The molecule has 1 N–H and O–H groups in total. The lowest BCUT2D eigenvalue weighted by Crippen LogP contribution is -2.32. The second kappa shape index (κ2) is 7.93. The number of aromatic nitrogens is 1. The molecule has 25 heavy (non-hydrogen) atoms. The van der Waals surface area contributed by atoms with Crippen molar-refractivity contribution in [2.24, 2.45) is 5.92 Å². The average Bonchev–Trinajstić information content (AvgIpc) is 2.51. The van der Waals surface area contributed by atoms with Crippen molar-refractivity contribution in [3.63, 3.8) is 0 Å². The van der Waals surface area contributed by atoms with Gasteiger partial charge in [-0.2, -0.15) is 0 Å². The lowest BCUT2D eigenvalue weighted by Gasteiger charge is -2.11. The minimum absolute atomic E-state index is 0.315. The molecule has 1 aromatic heterocycles. The number of alkyl halides is 3. The van der Waals surface area contributed by atoms with Crippen LogP contribution in [0.25, 0.3) is 12.2 Å². The zero-order chi connectivity index (χ0) is 18.4. The monoisotopic (exact) mass is 348 g/mol. The Labute approximate surface area is 144 Å². The zero-order valence-corrected chi connectivity index (χ0v) is 14.0. The number of fused-ring (bicyclic) bond motifs is 1. The van der Waals surface area contributed by atoms with E-state index >= 15 is 0 Å². The molecule has 6 heteroatoms. The van der Waals surface area contributed by atoms with Gasteiger partial charge in [-0.25, -0.2) is 4.98 Å². The Morgan fingerprint density at radius 1 is 1.48 bits per heavy atom. The Bertz CT molecular complexity index is 845. The number of anilines is 1. The maximum atomic E-state index is 12.3. The Morgan fingerprint density at radius 3 is 2.92 bits per heavy atom. The van der Waals surface area contributed by atoms with Crippen LogP contribution < -0.4 is 15.9 Å². The van der Waals surface area contributed by atoms with E-state index in [9.17, 15) is 13.2 Å². The summed E-state index contributed by atoms with van der Waals surface area (Å²) in [5.74, 6) is 2.76. The average molecular weight is 348 g/mol. The molecule has 132 valence electrons. The fourth-order valence-corrected chi connectivity index (χ4v) is 2.40. The van der Waals surface area contributed by atoms with Gasteiger partial charge in [-0.1, -0.05) is 30.6 Å². The topological polar surface area (TPSA) is 34.2 Å². The van der Waals surface area contributed by atoms with Crippen LogP contribution in [0.15, 0.2) is 35.6 Å². The molecule has 0 amide bonds. The van der Waals surface area contributed by atoms with Crippen molar-refractivity contribution in [1.29, 1.82) is 0 Å². The van der Waals surface area contributed by atoms with Crippen molar-refractivity contribution in [2.45, 2.75) is 26.6 Å². The van der Waals surface area contributed by atoms with E-state index in [0.29, 0.717) is 23.9 Å². The third-order valence-electron chi connectivity index (χ3n) is 3.50. The Morgan fingerprint density at radius 2 is 2.24 bits per heavy atom. The fraction of sp³-hybridized carbons (Fsp3) is 0.316. The van der Waals surface area contributed by atoms with Crippen LogP contribution in [0.4, 0.5) is 19.0 Å². The van der Waals surface area contributed by atoms with Crippen LogP contribution in [0.2, 0.25) is 0 Å². The Kier molecular flexibility index (Phi) is 5.92. The van der Waals surface area contributed by atoms with Gasteiger partial charge in [0.05, 0.1) is 5.35 Å². The molecule has 0 radical (unpaired) electrons. The van der Waals surface area contributed by atoms with Crippen molar-refractivity contribution in [2.75, 3.05) is 11.9 Å². The highest BCUT2D eigenvalue weighted by atomic mass is 19.4. The first-order valence-corrected chi connectivity index (χ1v) is 7.79. The molecule has 0 saturated heterocycles. The van der Waals surface area contributed by atoms with Gasteiger partial charge in [-0.3, -0.25) is 0 Å². The van der Waals surface area contributed by atoms with Crippen LogP contribution >= 0.6 is 0 Å². The number of nitrogens with zero attached hydrogens (tertiary/aromatic N) is 1. The lowest BCUT2D eigenvalue weighted by molar-refractivity contribution is -0.303. The van der Waals surface area contributed by atoms with Crippen LogP contribution in [-0.4, -0.2) is 17.9 Å². The van der Waals surface area contributed by atoms with Gasteiger partial charge < -0.3 is 10.1 Å². The number of ether oxygens (including phenoxy) is 1. The summed E-state index contributed by atoms with van der Waals surface area (Å²) in [5, 5.41) is 5.09. The number of terminal acetylenes is 1. The summed E-state index contributed by atoms with van der Waals surface area (Å²) in [4.78, 5) is 4.51. The van der Waals surface area contributed by atoms with E-state index in [1.807, 2.05) is 18.1 Å². The summed E-state index contributed by atoms with van der Waals surface area (Å²) in [5.41, 5.74) is 0.620. The van der Waals surface area contributed by atoms with Crippen molar-refractivity contribution < 1.29 is 17.9 Å². The molecular weight excluding hydrogens is 329 g/mol. The molecule has 1 heterocycles. The van der Waals surface area contributed by atoms with Crippen LogP contribution in [0, 0.1) is 18.3 Å². The number of nitrogens with one attached hydrogen (secondary N) is 1. The standard InChI is InChI=1S/C19H19F3N2O/c1-4-5-16(25-19(20,21)22)11-14(3)12-23-18-9-7-15-10-13(2)6-8-17(15)24-18/h1,5,7-11,13H,6,12H2,2-3H3,(H,23,24). The fourth-order valence-electron chi connectivity index (χ4n) is 2.40. The van der Waals surface area contributed by atoms with Crippen molar-refractivity contribution >= 4 is 18.0 Å². The van der Waals surface area contributed by atoms with E-state index in [0.717, 1.165) is 23.1 Å². The summed E-state index contributed by atoms with van der Waals surface area (Å²) in [6.07, 6.45) is 7.62. The quantitative estimate of drug-likeness (QED) is 0.504. The van der Waals surface area contributed by atoms with E-state index < -0.39 is 12.1 Å². The normalized spacial score (nSPS) is 17.7. The summed E-state index contributed by atoms with van der Waals surface area (Å²) < 4.78 is 40.9. The van der Waals surface area contributed by atoms with Gasteiger partial charge in [-0.15, -0.1) is 19.6 Å². The maximum absolute atomic E-state index is 12.3. The van der Waals surface area contributed by atoms with Crippen LogP contribution in [-0.2, 0) is 4.74 Å². The highest BCUT2D eigenvalue weighted by molar-refractivity contribution is 5.43. The highest BCUT2D eigenvalue weighted by Gasteiger charge is 2.31. The predicted molar refractivity (Wildman–Crippen MR) is 92.5 cm³/mol. The molecular formula is C19H19F3N2O. The minimum atomic E-state index is -4.78. The molecule has 1 aliphatic carbocycles. The van der Waals surface area contributed by atoms with Gasteiger partial charge in [0, 0.05) is 12.6 Å². The van der Waals surface area contributed by atoms with Crippen molar-refractivity contribution in [3.05, 3.63) is 46.2 Å². The molecule has 3 nitrogen and oxygen atoms in total. The van der Waals surface area contributed by atoms with Gasteiger partial charge in [0.1, 0.15) is 11.6 Å². The molecule has 1 unspecified atom stereocenters. The summed E-state index contributed by atoms with van der Waals surface area (Å²) in [6, 6.07) is 3.82. The number of allylic oxidation sites excluding steroid dienone is 2. The number of halogens is 3. The van der Waals surface area contributed by atoms with Gasteiger partial charge in [0.15, 0.2) is 0 Å². The molecule has 0 aliphatic heterocycles. The van der Waals surface area contributed by atoms with Gasteiger partial charge in [0.25, 0.3) is 0 Å². The number of hydrogen-bond donors (Lipinski definition) is 1. The molecule has 0 fully saturated rings. The van der Waals surface area contributed by atoms with Crippen LogP contribution in [0.1, 0.15) is 20.3 Å². The molecule has 0 spiro atoms. The molecule has 2 rings (SSSR count). The summed E-state index contributed by atoms with van der Waals surface area (Å²) >= 11 is 0. The SMILES string of the molecule is C#CC=C(C=C(C)CNc1ccc2c(n1)=CCC(C)C=2)OC(F)(F)F. The maximum Gasteiger partial charge on any atom is 0.573 e. The van der Waals surface area contributed by atoms with Gasteiger partial charge >= 0.3 is 6.36 Å². The summed E-state index contributed by atoms with van der Waals surface area (Å²) in [6.45, 7) is 4.14. The summed E-state index contributed by atoms with van der Waals surface area (Å²) in [7, 11) is 0. The third-order valence-corrected chi connectivity index (χ3v) is 3.50. The lowest BCUT2D eigenvalue weighted by atomic mass is 10.0. The van der Waals surface area contributed by atoms with E-state index in [4.69, 9.17) is 6.42 Å². The van der Waals surface area contributed by atoms with Gasteiger partial charge in [-0.05, 0) is 42.7 Å². The zero-order valence-electron chi connectivity index (χ0n) is 14.0. The van der Waals surface area contributed by atoms with Crippen molar-refractivity contribution in [3.8, 4) is 12.3 Å². The molecule has 1 atom stereocenters.